The number of hydrogen-bond donors (Lipinski definition) is 1. The fraction of sp³-hybridized carbons (Fsp3) is 0.259. The van der Waals surface area contributed by atoms with Gasteiger partial charge in [0.05, 0.1) is 26.9 Å². The summed E-state index contributed by atoms with van der Waals surface area (Å²) in [6, 6.07) is 16.1. The van der Waals surface area contributed by atoms with Crippen LogP contribution in [0.15, 0.2) is 59.0 Å². The fourth-order valence-electron chi connectivity index (χ4n) is 3.61. The van der Waals surface area contributed by atoms with Crippen LogP contribution in [0.25, 0.3) is 22.6 Å². The number of carbonyl (C=O) groups excluding carboxylic acids is 1. The molecule has 0 spiro atoms. The molecule has 1 heterocycles. The number of anilines is 1. The predicted molar refractivity (Wildman–Crippen MR) is 134 cm³/mol. The normalized spacial score (nSPS) is 10.7. The van der Waals surface area contributed by atoms with Crippen molar-refractivity contribution in [2.75, 3.05) is 32.2 Å². The zero-order chi connectivity index (χ0) is 24.8. The zero-order valence-corrected chi connectivity index (χ0v) is 20.2. The first kappa shape index (κ1) is 23.9. The van der Waals surface area contributed by atoms with Gasteiger partial charge in [-0.2, -0.15) is 0 Å². The molecular formula is C27H28N2O6. The Kier molecular flexibility index (Phi) is 7.40. The van der Waals surface area contributed by atoms with Crippen molar-refractivity contribution in [3.63, 3.8) is 0 Å². The largest absolute Gasteiger partial charge is 0.497 e. The molecule has 8 nitrogen and oxygen atoms in total. The quantitative estimate of drug-likeness (QED) is 0.302. The third-order valence-electron chi connectivity index (χ3n) is 5.13. The van der Waals surface area contributed by atoms with Crippen LogP contribution in [0.2, 0.25) is 0 Å². The lowest BCUT2D eigenvalue weighted by atomic mass is 10.1. The highest BCUT2D eigenvalue weighted by atomic mass is 16.5. The standard InChI is InChI=1S/C27H28N2O6/c1-5-32-23-14-18(15-24(33-6-2)25(23)34-7-3)26(30)28-19-11-12-22-21(16-19)29-27(35-22)17-9-8-10-20(13-17)31-4/h8-16H,5-7H2,1-4H3,(H,28,30). The van der Waals surface area contributed by atoms with Crippen LogP contribution in [-0.2, 0) is 0 Å². The summed E-state index contributed by atoms with van der Waals surface area (Å²) >= 11 is 0. The van der Waals surface area contributed by atoms with Crippen molar-refractivity contribution in [1.82, 2.24) is 4.98 Å². The number of nitrogens with zero attached hydrogens (tertiary/aromatic N) is 1. The third-order valence-corrected chi connectivity index (χ3v) is 5.13. The average molecular weight is 477 g/mol. The minimum absolute atomic E-state index is 0.314. The Morgan fingerprint density at radius 1 is 0.914 bits per heavy atom. The van der Waals surface area contributed by atoms with Crippen molar-refractivity contribution in [3.8, 4) is 34.5 Å². The molecule has 1 aromatic heterocycles. The van der Waals surface area contributed by atoms with Gasteiger partial charge >= 0.3 is 0 Å². The van der Waals surface area contributed by atoms with Crippen LogP contribution < -0.4 is 24.3 Å². The van der Waals surface area contributed by atoms with Gasteiger partial charge in [0.15, 0.2) is 17.1 Å². The van der Waals surface area contributed by atoms with Crippen molar-refractivity contribution in [3.05, 3.63) is 60.2 Å². The lowest BCUT2D eigenvalue weighted by Crippen LogP contribution is -2.13. The molecule has 0 aliphatic rings. The van der Waals surface area contributed by atoms with Crippen molar-refractivity contribution in [2.24, 2.45) is 0 Å². The van der Waals surface area contributed by atoms with E-state index >= 15 is 0 Å². The van der Waals surface area contributed by atoms with Crippen LogP contribution in [-0.4, -0.2) is 37.8 Å². The summed E-state index contributed by atoms with van der Waals surface area (Å²) in [6.45, 7) is 6.92. The summed E-state index contributed by atoms with van der Waals surface area (Å²) in [6.07, 6.45) is 0. The molecule has 1 amide bonds. The molecular weight excluding hydrogens is 448 g/mol. The number of benzene rings is 3. The second-order valence-corrected chi connectivity index (χ2v) is 7.49. The number of amides is 1. The zero-order valence-electron chi connectivity index (χ0n) is 20.2. The molecule has 182 valence electrons. The number of methoxy groups -OCH3 is 1. The minimum atomic E-state index is -0.314. The van der Waals surface area contributed by atoms with Crippen LogP contribution in [0.5, 0.6) is 23.0 Å². The van der Waals surface area contributed by atoms with E-state index in [-0.39, 0.29) is 5.91 Å². The molecule has 0 saturated heterocycles. The minimum Gasteiger partial charge on any atom is -0.497 e. The monoisotopic (exact) mass is 476 g/mol. The van der Waals surface area contributed by atoms with Gasteiger partial charge in [-0.15, -0.1) is 0 Å². The summed E-state index contributed by atoms with van der Waals surface area (Å²) in [5, 5.41) is 2.92. The van der Waals surface area contributed by atoms with Crippen molar-refractivity contribution >= 4 is 22.7 Å². The van der Waals surface area contributed by atoms with Crippen LogP contribution in [0.1, 0.15) is 31.1 Å². The number of hydrogen-bond acceptors (Lipinski definition) is 7. The molecule has 0 fully saturated rings. The number of rotatable bonds is 10. The van der Waals surface area contributed by atoms with E-state index in [1.165, 1.54) is 0 Å². The van der Waals surface area contributed by atoms with E-state index < -0.39 is 0 Å². The van der Waals surface area contributed by atoms with E-state index in [9.17, 15) is 4.79 Å². The van der Waals surface area contributed by atoms with Crippen LogP contribution >= 0.6 is 0 Å². The van der Waals surface area contributed by atoms with Crippen LogP contribution in [0.4, 0.5) is 5.69 Å². The summed E-state index contributed by atoms with van der Waals surface area (Å²) in [5.41, 5.74) is 3.00. The molecule has 0 saturated carbocycles. The Morgan fingerprint density at radius 2 is 1.63 bits per heavy atom. The number of oxazole rings is 1. The van der Waals surface area contributed by atoms with Gasteiger partial charge in [0.1, 0.15) is 11.3 Å². The highest BCUT2D eigenvalue weighted by Crippen LogP contribution is 2.39. The Bertz CT molecular complexity index is 1300. The molecule has 0 aliphatic carbocycles. The number of aromatic nitrogens is 1. The maximum Gasteiger partial charge on any atom is 0.255 e. The topological polar surface area (TPSA) is 92.1 Å². The van der Waals surface area contributed by atoms with Gasteiger partial charge in [-0.05, 0) is 69.3 Å². The van der Waals surface area contributed by atoms with Gasteiger partial charge in [0, 0.05) is 16.8 Å². The van der Waals surface area contributed by atoms with Crippen molar-refractivity contribution in [2.45, 2.75) is 20.8 Å². The first-order chi connectivity index (χ1) is 17.1. The molecule has 0 bridgehead atoms. The van der Waals surface area contributed by atoms with E-state index in [0.29, 0.717) is 71.1 Å². The van der Waals surface area contributed by atoms with E-state index in [1.54, 1.807) is 37.4 Å². The molecule has 0 unspecified atom stereocenters. The summed E-state index contributed by atoms with van der Waals surface area (Å²) in [7, 11) is 1.61. The second-order valence-electron chi connectivity index (χ2n) is 7.49. The van der Waals surface area contributed by atoms with E-state index in [0.717, 1.165) is 5.56 Å². The first-order valence-electron chi connectivity index (χ1n) is 11.5. The summed E-state index contributed by atoms with van der Waals surface area (Å²) in [4.78, 5) is 17.7. The highest BCUT2D eigenvalue weighted by Gasteiger charge is 2.19. The molecule has 1 N–H and O–H groups in total. The van der Waals surface area contributed by atoms with E-state index in [1.807, 2.05) is 45.0 Å². The lowest BCUT2D eigenvalue weighted by molar-refractivity contribution is 0.102. The number of fused-ring (bicyclic) bond motifs is 1. The summed E-state index contributed by atoms with van der Waals surface area (Å²) < 4.78 is 28.3. The number of carbonyl (C=O) groups is 1. The Balaban J connectivity index is 1.61. The number of ether oxygens (including phenoxy) is 4. The van der Waals surface area contributed by atoms with Crippen molar-refractivity contribution in [1.29, 1.82) is 0 Å². The van der Waals surface area contributed by atoms with Crippen LogP contribution in [0, 0.1) is 0 Å². The predicted octanol–water partition coefficient (Wildman–Crippen LogP) is 5.95. The smallest absolute Gasteiger partial charge is 0.255 e. The van der Waals surface area contributed by atoms with Gasteiger partial charge < -0.3 is 28.7 Å². The maximum absolute atomic E-state index is 13.1. The molecule has 8 heteroatoms. The molecule has 3 aromatic carbocycles. The Hall–Kier alpha value is -4.20. The summed E-state index contributed by atoms with van der Waals surface area (Å²) in [5.74, 6) is 2.27. The molecule has 0 aliphatic heterocycles. The van der Waals surface area contributed by atoms with Gasteiger partial charge in [0.2, 0.25) is 11.6 Å². The highest BCUT2D eigenvalue weighted by molar-refractivity contribution is 6.05. The third kappa shape index (κ3) is 5.32. The van der Waals surface area contributed by atoms with E-state index in [2.05, 4.69) is 10.3 Å². The Morgan fingerprint density at radius 3 is 2.29 bits per heavy atom. The first-order valence-corrected chi connectivity index (χ1v) is 11.5. The lowest BCUT2D eigenvalue weighted by Gasteiger charge is -2.17. The molecule has 4 rings (SSSR count). The van der Waals surface area contributed by atoms with Crippen molar-refractivity contribution < 1.29 is 28.2 Å². The van der Waals surface area contributed by atoms with E-state index in [4.69, 9.17) is 23.4 Å². The Labute approximate surface area is 203 Å². The second kappa shape index (κ2) is 10.8. The van der Waals surface area contributed by atoms with Gasteiger partial charge in [-0.1, -0.05) is 6.07 Å². The average Bonchev–Trinajstić information content (AvgIpc) is 3.29. The molecule has 35 heavy (non-hydrogen) atoms. The molecule has 0 atom stereocenters. The van der Waals surface area contributed by atoms with Gasteiger partial charge in [-0.3, -0.25) is 4.79 Å². The van der Waals surface area contributed by atoms with Gasteiger partial charge in [0.25, 0.3) is 5.91 Å². The van der Waals surface area contributed by atoms with Gasteiger partial charge in [-0.25, -0.2) is 4.98 Å². The number of nitrogens with one attached hydrogen (secondary N) is 1. The van der Waals surface area contributed by atoms with Crippen LogP contribution in [0.3, 0.4) is 0 Å². The molecule has 0 radical (unpaired) electrons. The molecule has 4 aromatic rings. The fourth-order valence-corrected chi connectivity index (χ4v) is 3.61. The maximum atomic E-state index is 13.1. The SMILES string of the molecule is CCOc1cc(C(=O)Nc2ccc3oc(-c4cccc(OC)c4)nc3c2)cc(OCC)c1OCC.